The molecule has 2 radical (unpaired) electrons. The number of nitrogens with zero attached hydrogens (tertiary/aromatic N) is 1. The van der Waals surface area contributed by atoms with Crippen LogP contribution in [-0.2, 0) is 4.74 Å². The smallest absolute Gasteiger partial charge is 0.410 e. The van der Waals surface area contributed by atoms with Gasteiger partial charge in [0.2, 0.25) is 0 Å². The van der Waals surface area contributed by atoms with E-state index in [1.54, 1.807) is 0 Å². The number of amides is 1. The third kappa shape index (κ3) is 3.09. The van der Waals surface area contributed by atoms with Crippen molar-refractivity contribution in [3.05, 3.63) is 0 Å². The van der Waals surface area contributed by atoms with Gasteiger partial charge in [-0.25, -0.2) is 4.79 Å². The maximum atomic E-state index is 12.2. The molecule has 0 bridgehead atoms. The van der Waals surface area contributed by atoms with Crippen LogP contribution < -0.4 is 0 Å². The molecule has 2 rings (SSSR count). The lowest BCUT2D eigenvalue weighted by molar-refractivity contribution is 0.104. The Hall–Kier alpha value is -0.665. The molecule has 1 amide bonds. The van der Waals surface area contributed by atoms with Gasteiger partial charge in [-0.2, -0.15) is 0 Å². The van der Waals surface area contributed by atoms with Crippen molar-refractivity contribution in [1.82, 2.24) is 4.90 Å². The zero-order valence-corrected chi connectivity index (χ0v) is 14.3. The Morgan fingerprint density at radius 2 is 1.95 bits per heavy atom. The van der Waals surface area contributed by atoms with E-state index in [1.807, 2.05) is 4.90 Å². The van der Waals surface area contributed by atoms with Gasteiger partial charge in [-0.15, -0.1) is 0 Å². The fourth-order valence-corrected chi connectivity index (χ4v) is 4.16. The van der Waals surface area contributed by atoms with E-state index in [4.69, 9.17) is 12.6 Å². The predicted molar refractivity (Wildman–Crippen MR) is 86.6 cm³/mol. The maximum Gasteiger partial charge on any atom is 0.410 e. The minimum absolute atomic E-state index is 0.00896. The minimum Gasteiger partial charge on any atom is -0.444 e. The first-order valence-corrected chi connectivity index (χ1v) is 8.55. The molecule has 0 aromatic rings. The summed E-state index contributed by atoms with van der Waals surface area (Å²) in [5.41, 5.74) is 0. The summed E-state index contributed by atoms with van der Waals surface area (Å²) in [6.07, 6.45) is 5.13. The lowest BCUT2D eigenvalue weighted by Crippen LogP contribution is -2.41. The van der Waals surface area contributed by atoms with Crippen molar-refractivity contribution in [2.75, 3.05) is 0 Å². The summed E-state index contributed by atoms with van der Waals surface area (Å²) >= 11 is 0. The van der Waals surface area contributed by atoms with Gasteiger partial charge in [0.25, 0.3) is 0 Å². The number of carbonyl (C=O) groups excluding carboxylic acids is 1. The van der Waals surface area contributed by atoms with Crippen LogP contribution in [0.4, 0.5) is 4.79 Å². The molecule has 4 heteroatoms. The first-order valence-electron chi connectivity index (χ1n) is 8.55. The van der Waals surface area contributed by atoms with Crippen molar-refractivity contribution in [2.45, 2.75) is 90.2 Å². The number of hydrogen-bond donors (Lipinski definition) is 0. The molecule has 0 aromatic carbocycles. The fourth-order valence-electron chi connectivity index (χ4n) is 4.16. The third-order valence-corrected chi connectivity index (χ3v) is 5.74. The van der Waals surface area contributed by atoms with Crippen molar-refractivity contribution < 1.29 is 9.53 Å². The summed E-state index contributed by atoms with van der Waals surface area (Å²) in [7, 11) is 6.74. The summed E-state index contributed by atoms with van der Waals surface area (Å²) in [6.45, 7) is 10.8. The van der Waals surface area contributed by atoms with Gasteiger partial charge in [-0.05, 0) is 38.5 Å². The zero-order valence-electron chi connectivity index (χ0n) is 14.3. The Morgan fingerprint density at radius 3 is 2.52 bits per heavy atom. The van der Waals surface area contributed by atoms with Crippen molar-refractivity contribution in [3.63, 3.8) is 0 Å². The molecule has 0 spiro atoms. The highest BCUT2D eigenvalue weighted by atomic mass is 16.6. The number of carbonyl (C=O) groups is 1. The number of ether oxygens (including phenoxy) is 1. The number of rotatable bonds is 2. The van der Waals surface area contributed by atoms with Crippen LogP contribution in [0.2, 0.25) is 5.31 Å². The van der Waals surface area contributed by atoms with Crippen molar-refractivity contribution in [1.29, 1.82) is 0 Å². The SMILES string of the molecule is [B]C1(C(C)C)CCCCC2C(CC1C)OC(=O)N2C(C)C. The van der Waals surface area contributed by atoms with E-state index >= 15 is 0 Å². The van der Waals surface area contributed by atoms with Crippen LogP contribution >= 0.6 is 0 Å². The predicted octanol–water partition coefficient (Wildman–Crippen LogP) is 4.17. The van der Waals surface area contributed by atoms with Gasteiger partial charge in [-0.3, -0.25) is 4.90 Å². The van der Waals surface area contributed by atoms with Gasteiger partial charge >= 0.3 is 6.09 Å². The standard InChI is InChI=1S/C17H30BNO2/c1-11(2)17(18)9-7-6-8-14-15(10-13(17)5)21-16(20)19(14)12(3)4/h11-15H,6-10H2,1-5H3. The lowest BCUT2D eigenvalue weighted by Gasteiger charge is -2.41. The highest BCUT2D eigenvalue weighted by Crippen LogP contribution is 2.49. The van der Waals surface area contributed by atoms with Crippen LogP contribution in [0.1, 0.15) is 66.7 Å². The van der Waals surface area contributed by atoms with Crippen LogP contribution in [-0.4, -0.2) is 37.0 Å². The molecule has 0 aromatic heterocycles. The quantitative estimate of drug-likeness (QED) is 0.715. The molecule has 21 heavy (non-hydrogen) atoms. The second kappa shape index (κ2) is 6.22. The van der Waals surface area contributed by atoms with E-state index < -0.39 is 0 Å². The van der Waals surface area contributed by atoms with E-state index in [-0.39, 0.29) is 29.6 Å². The highest BCUT2D eigenvalue weighted by molar-refractivity contribution is 6.15. The van der Waals surface area contributed by atoms with Gasteiger partial charge in [-0.1, -0.05) is 45.3 Å². The maximum absolute atomic E-state index is 12.2. The molecule has 2 fully saturated rings. The Balaban J connectivity index is 2.21. The second-order valence-corrected chi connectivity index (χ2v) is 7.64. The summed E-state index contributed by atoms with van der Waals surface area (Å²) in [5.74, 6) is 0.811. The highest BCUT2D eigenvalue weighted by Gasteiger charge is 2.46. The number of hydrogen-bond acceptors (Lipinski definition) is 2. The van der Waals surface area contributed by atoms with Gasteiger partial charge in [0.05, 0.1) is 13.9 Å². The molecule has 3 nitrogen and oxygen atoms in total. The molecule has 1 aliphatic carbocycles. The topological polar surface area (TPSA) is 29.5 Å². The molecule has 4 atom stereocenters. The average molecular weight is 291 g/mol. The van der Waals surface area contributed by atoms with Crippen molar-refractivity contribution in [2.24, 2.45) is 11.8 Å². The van der Waals surface area contributed by atoms with Gasteiger partial charge in [0, 0.05) is 6.04 Å². The number of fused-ring (bicyclic) bond motifs is 1. The van der Waals surface area contributed by atoms with E-state index in [0.29, 0.717) is 11.8 Å². The molecular weight excluding hydrogens is 261 g/mol. The summed E-state index contributed by atoms with van der Waals surface area (Å²) in [5, 5.41) is -0.146. The Bertz CT molecular complexity index is 385. The van der Waals surface area contributed by atoms with Crippen LogP contribution in [0.15, 0.2) is 0 Å². The van der Waals surface area contributed by atoms with E-state index in [2.05, 4.69) is 34.6 Å². The minimum atomic E-state index is -0.146. The second-order valence-electron chi connectivity index (χ2n) is 7.64. The molecule has 1 heterocycles. The molecule has 0 N–H and O–H groups in total. The first kappa shape index (κ1) is 16.7. The molecule has 2 aliphatic rings. The molecular formula is C17H30BNO2. The van der Waals surface area contributed by atoms with Crippen LogP contribution in [0, 0.1) is 11.8 Å². The van der Waals surface area contributed by atoms with Crippen LogP contribution in [0.3, 0.4) is 0 Å². The molecule has 1 aliphatic heterocycles. The van der Waals surface area contributed by atoms with Gasteiger partial charge in [0.1, 0.15) is 6.10 Å². The Kier molecular flexibility index (Phi) is 4.94. The summed E-state index contributed by atoms with van der Waals surface area (Å²) < 4.78 is 5.71. The van der Waals surface area contributed by atoms with Crippen molar-refractivity contribution in [3.8, 4) is 0 Å². The summed E-state index contributed by atoms with van der Waals surface area (Å²) in [4.78, 5) is 14.1. The van der Waals surface area contributed by atoms with Crippen LogP contribution in [0.5, 0.6) is 0 Å². The van der Waals surface area contributed by atoms with E-state index in [0.717, 1.165) is 32.1 Å². The largest absolute Gasteiger partial charge is 0.444 e. The first-order chi connectivity index (χ1) is 9.77. The monoisotopic (exact) mass is 291 g/mol. The zero-order chi connectivity index (χ0) is 15.8. The van der Waals surface area contributed by atoms with E-state index in [9.17, 15) is 4.79 Å². The third-order valence-electron chi connectivity index (χ3n) is 5.74. The average Bonchev–Trinajstić information content (AvgIpc) is 2.70. The molecule has 1 saturated heterocycles. The Morgan fingerprint density at radius 1 is 1.29 bits per heavy atom. The molecule has 1 saturated carbocycles. The normalized spacial score (nSPS) is 38.0. The Labute approximate surface area is 131 Å². The molecule has 118 valence electrons. The lowest BCUT2D eigenvalue weighted by atomic mass is 9.52. The van der Waals surface area contributed by atoms with Crippen LogP contribution in [0.25, 0.3) is 0 Å². The van der Waals surface area contributed by atoms with E-state index in [1.165, 1.54) is 0 Å². The van der Waals surface area contributed by atoms with Gasteiger partial charge < -0.3 is 4.74 Å². The fraction of sp³-hybridized carbons (Fsp3) is 0.941. The van der Waals surface area contributed by atoms with Crippen molar-refractivity contribution >= 4 is 13.9 Å². The van der Waals surface area contributed by atoms with Gasteiger partial charge in [0.15, 0.2) is 0 Å². The summed E-state index contributed by atoms with van der Waals surface area (Å²) in [6, 6.07) is 0.436. The molecule has 4 unspecified atom stereocenters.